The number of halogens is 1. The highest BCUT2D eigenvalue weighted by molar-refractivity contribution is 7.99. The molecule has 0 bridgehead atoms. The molecule has 0 heterocycles. The van der Waals surface area contributed by atoms with Gasteiger partial charge in [-0.2, -0.15) is 5.26 Å². The summed E-state index contributed by atoms with van der Waals surface area (Å²) in [5.74, 6) is 1.07. The smallest absolute Gasteiger partial charge is 0.179 e. The van der Waals surface area contributed by atoms with Gasteiger partial charge in [-0.05, 0) is 24.3 Å². The normalized spacial score (nSPS) is 11.2. The van der Waals surface area contributed by atoms with Crippen molar-refractivity contribution in [2.75, 3.05) is 17.4 Å². The third kappa shape index (κ3) is 3.64. The van der Waals surface area contributed by atoms with Gasteiger partial charge in [-0.15, -0.1) is 23.4 Å². The molecule has 0 saturated carbocycles. The fourth-order valence-corrected chi connectivity index (χ4v) is 4.15. The Hall–Kier alpha value is -0.700. The van der Waals surface area contributed by atoms with Crippen molar-refractivity contribution < 1.29 is 8.42 Å². The maximum Gasteiger partial charge on any atom is 0.179 e. The van der Waals surface area contributed by atoms with Gasteiger partial charge in [0, 0.05) is 10.8 Å². The zero-order chi connectivity index (χ0) is 13.6. The summed E-state index contributed by atoms with van der Waals surface area (Å²) in [6, 6.07) is 6.93. The van der Waals surface area contributed by atoms with Gasteiger partial charge in [-0.25, -0.2) is 8.42 Å². The average molecular weight is 304 g/mol. The molecule has 18 heavy (non-hydrogen) atoms. The van der Waals surface area contributed by atoms with Gasteiger partial charge in [0.15, 0.2) is 9.84 Å². The fraction of sp³-hybridized carbons (Fsp3) is 0.417. The average Bonchev–Trinajstić information content (AvgIpc) is 2.36. The summed E-state index contributed by atoms with van der Waals surface area (Å²) in [5, 5.41) is 9.16. The Morgan fingerprint density at radius 1 is 1.44 bits per heavy atom. The van der Waals surface area contributed by atoms with Crippen LogP contribution in [0.3, 0.4) is 0 Å². The molecule has 3 nitrogen and oxygen atoms in total. The molecule has 98 valence electrons. The van der Waals surface area contributed by atoms with Gasteiger partial charge < -0.3 is 0 Å². The van der Waals surface area contributed by atoms with Crippen molar-refractivity contribution in [3.05, 3.63) is 23.8 Å². The highest BCUT2D eigenvalue weighted by atomic mass is 35.5. The minimum absolute atomic E-state index is 0.0224. The zero-order valence-electron chi connectivity index (χ0n) is 10.0. The molecule has 0 aliphatic rings. The van der Waals surface area contributed by atoms with Gasteiger partial charge in [0.25, 0.3) is 0 Å². The van der Waals surface area contributed by atoms with Crippen LogP contribution in [-0.4, -0.2) is 25.8 Å². The molecule has 0 saturated heterocycles. The van der Waals surface area contributed by atoms with Crippen LogP contribution in [0.2, 0.25) is 0 Å². The van der Waals surface area contributed by atoms with Crippen molar-refractivity contribution in [1.82, 2.24) is 0 Å². The Morgan fingerprint density at radius 2 is 2.17 bits per heavy atom. The van der Waals surface area contributed by atoms with E-state index in [-0.39, 0.29) is 16.2 Å². The predicted molar refractivity (Wildman–Crippen MR) is 74.9 cm³/mol. The molecule has 1 aromatic carbocycles. The van der Waals surface area contributed by atoms with E-state index in [0.29, 0.717) is 17.2 Å². The molecule has 0 atom stereocenters. The maximum atomic E-state index is 12.1. The lowest BCUT2D eigenvalue weighted by molar-refractivity contribution is 0.594. The summed E-state index contributed by atoms with van der Waals surface area (Å²) in [7, 11) is -3.43. The standard InChI is InChI=1S/C12H14ClNO2S2/c1-2-17-11-5-3-6-12(10(11)9-14)18(15,16)8-4-7-13/h3,5-6H,2,4,7-8H2,1H3. The molecular formula is C12H14ClNO2S2. The summed E-state index contributed by atoms with van der Waals surface area (Å²) >= 11 is 6.98. The van der Waals surface area contributed by atoms with E-state index in [0.717, 1.165) is 5.75 Å². The van der Waals surface area contributed by atoms with Crippen LogP contribution in [-0.2, 0) is 9.84 Å². The van der Waals surface area contributed by atoms with E-state index in [4.69, 9.17) is 16.9 Å². The molecule has 0 spiro atoms. The third-order valence-corrected chi connectivity index (χ3v) is 5.33. The van der Waals surface area contributed by atoms with E-state index in [2.05, 4.69) is 0 Å². The lowest BCUT2D eigenvalue weighted by Crippen LogP contribution is -2.09. The molecule has 0 aliphatic carbocycles. The largest absolute Gasteiger partial charge is 0.224 e. The van der Waals surface area contributed by atoms with E-state index >= 15 is 0 Å². The van der Waals surface area contributed by atoms with Crippen molar-refractivity contribution in [2.45, 2.75) is 23.1 Å². The first kappa shape index (κ1) is 15.4. The van der Waals surface area contributed by atoms with Gasteiger partial charge >= 0.3 is 0 Å². The number of benzene rings is 1. The van der Waals surface area contributed by atoms with Crippen LogP contribution in [0, 0.1) is 11.3 Å². The van der Waals surface area contributed by atoms with E-state index in [1.165, 1.54) is 17.8 Å². The second-order valence-corrected chi connectivity index (χ2v) is 7.30. The maximum absolute atomic E-state index is 12.1. The number of hydrogen-bond donors (Lipinski definition) is 0. The van der Waals surface area contributed by atoms with Crippen molar-refractivity contribution in [1.29, 1.82) is 5.26 Å². The molecular weight excluding hydrogens is 290 g/mol. The number of thioether (sulfide) groups is 1. The van der Waals surface area contributed by atoms with Crippen molar-refractivity contribution in [3.63, 3.8) is 0 Å². The summed E-state index contributed by atoms with van der Waals surface area (Å²) in [6.45, 7) is 1.96. The van der Waals surface area contributed by atoms with Crippen LogP contribution in [0.5, 0.6) is 0 Å². The molecule has 0 unspecified atom stereocenters. The number of nitrogens with zero attached hydrogens (tertiary/aromatic N) is 1. The lowest BCUT2D eigenvalue weighted by Gasteiger charge is -2.08. The van der Waals surface area contributed by atoms with Crippen molar-refractivity contribution >= 4 is 33.2 Å². The molecule has 0 amide bonds. The first-order valence-corrected chi connectivity index (χ1v) is 8.68. The van der Waals surface area contributed by atoms with Crippen molar-refractivity contribution in [2.24, 2.45) is 0 Å². The van der Waals surface area contributed by atoms with Gasteiger partial charge in [-0.1, -0.05) is 13.0 Å². The van der Waals surface area contributed by atoms with Gasteiger partial charge in [0.1, 0.15) is 6.07 Å². The Kier molecular flexibility index (Phi) is 6.00. The Labute approximate surface area is 117 Å². The first-order valence-electron chi connectivity index (χ1n) is 5.51. The molecule has 0 aromatic heterocycles. The van der Waals surface area contributed by atoms with Crippen LogP contribution < -0.4 is 0 Å². The van der Waals surface area contributed by atoms with Gasteiger partial charge in [-0.3, -0.25) is 0 Å². The Balaban J connectivity index is 3.25. The number of nitriles is 1. The summed E-state index contributed by atoms with van der Waals surface area (Å²) in [5.41, 5.74) is 0.249. The van der Waals surface area contributed by atoms with E-state index in [1.807, 2.05) is 13.0 Å². The second-order valence-electron chi connectivity index (χ2n) is 3.54. The second kappa shape index (κ2) is 7.03. The number of sulfone groups is 1. The van der Waals surface area contributed by atoms with Crippen LogP contribution in [0.4, 0.5) is 0 Å². The molecule has 1 rings (SSSR count). The highest BCUT2D eigenvalue weighted by Gasteiger charge is 2.20. The fourth-order valence-electron chi connectivity index (χ4n) is 1.51. The van der Waals surface area contributed by atoms with Crippen LogP contribution in [0.1, 0.15) is 18.9 Å². The predicted octanol–water partition coefficient (Wildman–Crippen LogP) is 3.07. The Morgan fingerprint density at radius 3 is 2.72 bits per heavy atom. The van der Waals surface area contributed by atoms with E-state index in [1.54, 1.807) is 12.1 Å². The van der Waals surface area contributed by atoms with Gasteiger partial charge in [0.2, 0.25) is 0 Å². The molecule has 6 heteroatoms. The Bertz CT molecular complexity index is 550. The number of alkyl halides is 1. The van der Waals surface area contributed by atoms with Crippen LogP contribution in [0.25, 0.3) is 0 Å². The van der Waals surface area contributed by atoms with Crippen molar-refractivity contribution in [3.8, 4) is 6.07 Å². The topological polar surface area (TPSA) is 57.9 Å². The highest BCUT2D eigenvalue weighted by Crippen LogP contribution is 2.28. The first-order chi connectivity index (χ1) is 8.56. The van der Waals surface area contributed by atoms with E-state index in [9.17, 15) is 8.42 Å². The molecule has 0 aliphatic heterocycles. The minimum atomic E-state index is -3.43. The molecule has 0 fully saturated rings. The monoisotopic (exact) mass is 303 g/mol. The zero-order valence-corrected chi connectivity index (χ0v) is 12.4. The molecule has 0 radical (unpaired) electrons. The third-order valence-electron chi connectivity index (χ3n) is 2.28. The summed E-state index contributed by atoms with van der Waals surface area (Å²) in [6.07, 6.45) is 0.389. The summed E-state index contributed by atoms with van der Waals surface area (Å²) < 4.78 is 24.2. The SMILES string of the molecule is CCSc1cccc(S(=O)(=O)CCCCl)c1C#N. The number of rotatable bonds is 6. The molecule has 0 N–H and O–H groups in total. The van der Waals surface area contributed by atoms with Crippen LogP contribution in [0.15, 0.2) is 28.0 Å². The van der Waals surface area contributed by atoms with Crippen LogP contribution >= 0.6 is 23.4 Å². The van der Waals surface area contributed by atoms with E-state index < -0.39 is 9.84 Å². The summed E-state index contributed by atoms with van der Waals surface area (Å²) in [4.78, 5) is 0.834. The number of hydrogen-bond acceptors (Lipinski definition) is 4. The lowest BCUT2D eigenvalue weighted by atomic mass is 10.2. The minimum Gasteiger partial charge on any atom is -0.224 e. The van der Waals surface area contributed by atoms with Gasteiger partial charge in [0.05, 0.1) is 16.2 Å². The molecule has 1 aromatic rings. The quantitative estimate of drug-likeness (QED) is 0.598.